The summed E-state index contributed by atoms with van der Waals surface area (Å²) in [5, 5.41) is 1.88. The number of esters is 1. The van der Waals surface area contributed by atoms with Crippen molar-refractivity contribution in [2.24, 2.45) is 0 Å². The Morgan fingerprint density at radius 1 is 0.972 bits per heavy atom. The zero-order valence-electron chi connectivity index (χ0n) is 19.4. The first-order chi connectivity index (χ1) is 16.9. The van der Waals surface area contributed by atoms with Gasteiger partial charge in [0.15, 0.2) is 6.61 Å². The normalized spacial score (nSPS) is 13.6. The first-order valence-corrected chi connectivity index (χ1v) is 13.2. The predicted octanol–water partition coefficient (Wildman–Crippen LogP) is 7.02. The number of amides is 3. The van der Waals surface area contributed by atoms with Gasteiger partial charge in [0.1, 0.15) is 6.04 Å². The van der Waals surface area contributed by atoms with Crippen molar-refractivity contribution in [1.82, 2.24) is 4.90 Å². The van der Waals surface area contributed by atoms with E-state index in [1.165, 1.54) is 0 Å². The summed E-state index contributed by atoms with van der Waals surface area (Å²) in [7, 11) is 0. The summed E-state index contributed by atoms with van der Waals surface area (Å²) in [6.45, 7) is 4.97. The molecule has 0 bridgehead atoms. The molecule has 36 heavy (non-hydrogen) atoms. The van der Waals surface area contributed by atoms with E-state index in [-0.39, 0.29) is 37.6 Å². The number of halogens is 5. The van der Waals surface area contributed by atoms with Crippen LogP contribution >= 0.6 is 62.3 Å². The summed E-state index contributed by atoms with van der Waals surface area (Å²) in [4.78, 5) is 52.7. The first-order valence-electron chi connectivity index (χ1n) is 10.9. The van der Waals surface area contributed by atoms with E-state index in [9.17, 15) is 19.2 Å². The van der Waals surface area contributed by atoms with E-state index < -0.39 is 36.3 Å². The maximum Gasteiger partial charge on any atom is 0.329 e. The number of hydrogen-bond acceptors (Lipinski definition) is 5. The van der Waals surface area contributed by atoms with Crippen molar-refractivity contribution in [3.8, 4) is 0 Å². The average Bonchev–Trinajstić information content (AvgIpc) is 3.09. The van der Waals surface area contributed by atoms with Gasteiger partial charge in [-0.3, -0.25) is 19.3 Å². The molecule has 0 radical (unpaired) electrons. The van der Waals surface area contributed by atoms with Gasteiger partial charge in [-0.25, -0.2) is 4.79 Å². The molecular weight excluding hydrogens is 618 g/mol. The second kappa shape index (κ2) is 11.7. The van der Waals surface area contributed by atoms with Crippen LogP contribution in [0.5, 0.6) is 0 Å². The number of anilines is 1. The van der Waals surface area contributed by atoms with Gasteiger partial charge in [-0.15, -0.1) is 0 Å². The Morgan fingerprint density at radius 3 is 2.06 bits per heavy atom. The maximum absolute atomic E-state index is 13.2. The topological polar surface area (TPSA) is 92.8 Å². The average molecular weight is 639 g/mol. The van der Waals surface area contributed by atoms with E-state index in [1.54, 1.807) is 6.07 Å². The molecule has 12 heteroatoms. The van der Waals surface area contributed by atoms with Crippen LogP contribution in [-0.2, 0) is 14.3 Å². The number of carbonyl (C=O) groups excluding carboxylic acids is 4. The van der Waals surface area contributed by atoms with Crippen molar-refractivity contribution >= 4 is 91.7 Å². The van der Waals surface area contributed by atoms with Crippen LogP contribution in [0.1, 0.15) is 58.0 Å². The molecule has 3 amide bonds. The first kappa shape index (κ1) is 28.7. The Morgan fingerprint density at radius 2 is 1.53 bits per heavy atom. The van der Waals surface area contributed by atoms with Gasteiger partial charge in [-0.1, -0.05) is 82.1 Å². The van der Waals surface area contributed by atoms with Gasteiger partial charge in [-0.05, 0) is 43.5 Å². The zero-order chi connectivity index (χ0) is 26.9. The predicted molar refractivity (Wildman–Crippen MR) is 143 cm³/mol. The second-order valence-electron chi connectivity index (χ2n) is 8.22. The molecule has 1 N–H and O–H groups in total. The van der Waals surface area contributed by atoms with Crippen LogP contribution in [0.25, 0.3) is 0 Å². The number of rotatable bonds is 8. The number of aryl methyl sites for hydroxylation is 2. The molecule has 2 aromatic carbocycles. The lowest BCUT2D eigenvalue weighted by molar-refractivity contribution is -0.151. The molecule has 7 nitrogen and oxygen atoms in total. The SMILES string of the molecule is CCCC[C@H](C(=O)OCC(=O)Nc1cc(C)c(Br)cc1C)N1C(=O)c2c(Cl)c(Cl)c(Cl)c(Cl)c2C1=O. The third kappa shape index (κ3) is 5.53. The largest absolute Gasteiger partial charge is 0.454 e. The molecule has 0 unspecified atom stereocenters. The maximum atomic E-state index is 13.2. The fourth-order valence-corrected chi connectivity index (χ4v) is 5.21. The molecule has 0 saturated carbocycles. The molecule has 1 aliphatic heterocycles. The molecule has 1 heterocycles. The molecule has 0 fully saturated rings. The highest BCUT2D eigenvalue weighted by molar-refractivity contribution is 9.10. The highest BCUT2D eigenvalue weighted by Gasteiger charge is 2.47. The van der Waals surface area contributed by atoms with Crippen molar-refractivity contribution < 1.29 is 23.9 Å². The van der Waals surface area contributed by atoms with Crippen LogP contribution in [0.4, 0.5) is 5.69 Å². The van der Waals surface area contributed by atoms with Crippen LogP contribution in [0.2, 0.25) is 20.1 Å². The monoisotopic (exact) mass is 636 g/mol. The van der Waals surface area contributed by atoms with Crippen molar-refractivity contribution in [3.63, 3.8) is 0 Å². The lowest BCUT2D eigenvalue weighted by Crippen LogP contribution is -2.46. The number of fused-ring (bicyclic) bond motifs is 1. The highest BCUT2D eigenvalue weighted by Crippen LogP contribution is 2.45. The molecule has 1 aliphatic rings. The molecule has 1 atom stereocenters. The van der Waals surface area contributed by atoms with Crippen LogP contribution in [0, 0.1) is 13.8 Å². The van der Waals surface area contributed by atoms with Crippen molar-refractivity contribution in [1.29, 1.82) is 0 Å². The van der Waals surface area contributed by atoms with Crippen molar-refractivity contribution in [2.45, 2.75) is 46.1 Å². The van der Waals surface area contributed by atoms with Gasteiger partial charge >= 0.3 is 5.97 Å². The summed E-state index contributed by atoms with van der Waals surface area (Å²) in [5.41, 5.74) is 1.84. The van der Waals surface area contributed by atoms with Crippen molar-refractivity contribution in [3.05, 3.63) is 58.9 Å². The molecule has 192 valence electrons. The number of unbranched alkanes of at least 4 members (excludes halogenated alkanes) is 1. The smallest absolute Gasteiger partial charge is 0.329 e. The van der Waals surface area contributed by atoms with Gasteiger partial charge in [0.2, 0.25) is 0 Å². The van der Waals surface area contributed by atoms with Gasteiger partial charge in [-0.2, -0.15) is 0 Å². The Kier molecular flexibility index (Phi) is 9.33. The molecule has 2 aromatic rings. The lowest BCUT2D eigenvalue weighted by Gasteiger charge is -2.24. The van der Waals surface area contributed by atoms with Crippen LogP contribution in [-0.4, -0.2) is 41.2 Å². The van der Waals surface area contributed by atoms with E-state index in [0.29, 0.717) is 18.5 Å². The zero-order valence-corrected chi connectivity index (χ0v) is 24.0. The van der Waals surface area contributed by atoms with Crippen LogP contribution < -0.4 is 5.32 Å². The summed E-state index contributed by atoms with van der Waals surface area (Å²) in [6, 6.07) is 2.34. The van der Waals surface area contributed by atoms with Gasteiger partial charge < -0.3 is 10.1 Å². The fourth-order valence-electron chi connectivity index (χ4n) is 3.73. The van der Waals surface area contributed by atoms with E-state index in [0.717, 1.165) is 20.5 Å². The second-order valence-corrected chi connectivity index (χ2v) is 10.6. The highest BCUT2D eigenvalue weighted by atomic mass is 79.9. The molecule has 0 saturated heterocycles. The molecule has 0 aliphatic carbocycles. The quantitative estimate of drug-likeness (QED) is 0.145. The van der Waals surface area contributed by atoms with E-state index in [4.69, 9.17) is 51.1 Å². The van der Waals surface area contributed by atoms with Gasteiger partial charge in [0.25, 0.3) is 17.7 Å². The number of hydrogen-bond donors (Lipinski definition) is 1. The molecule has 3 rings (SSSR count). The summed E-state index contributed by atoms with van der Waals surface area (Å²) < 4.78 is 6.12. The number of carbonyl (C=O) groups is 4. The number of imide groups is 1. The van der Waals surface area contributed by atoms with Crippen molar-refractivity contribution in [2.75, 3.05) is 11.9 Å². The number of nitrogens with one attached hydrogen (secondary N) is 1. The summed E-state index contributed by atoms with van der Waals surface area (Å²) in [5.74, 6) is -3.18. The third-order valence-electron chi connectivity index (χ3n) is 5.67. The minimum atomic E-state index is -1.30. The van der Waals surface area contributed by atoms with Crippen LogP contribution in [0.15, 0.2) is 16.6 Å². The molecular formula is C24H21BrCl4N2O5. The van der Waals surface area contributed by atoms with E-state index >= 15 is 0 Å². The van der Waals surface area contributed by atoms with E-state index in [2.05, 4.69) is 21.2 Å². The Labute approximate surface area is 236 Å². The third-order valence-corrected chi connectivity index (χ3v) is 8.33. The van der Waals surface area contributed by atoms with Gasteiger partial charge in [0.05, 0.1) is 31.2 Å². The molecule has 0 aromatic heterocycles. The number of nitrogens with zero attached hydrogens (tertiary/aromatic N) is 1. The Hall–Kier alpha value is -1.84. The minimum Gasteiger partial charge on any atom is -0.454 e. The summed E-state index contributed by atoms with van der Waals surface area (Å²) in [6.07, 6.45) is 1.29. The molecule has 0 spiro atoms. The standard InChI is InChI=1S/C24H21BrCl4N2O5/c1-4-5-6-14(24(35)36-9-15(32)30-13-8-10(2)12(25)7-11(13)3)31-22(33)16-17(23(31)34)19(27)21(29)20(28)18(16)26/h7-8,14H,4-6,9H2,1-3H3,(H,30,32)/t14-/m1/s1. The van der Waals surface area contributed by atoms with E-state index in [1.807, 2.05) is 26.8 Å². The number of ether oxygens (including phenoxy) is 1. The number of benzene rings is 2. The van der Waals surface area contributed by atoms with Crippen LogP contribution in [0.3, 0.4) is 0 Å². The Bertz CT molecular complexity index is 1240. The minimum absolute atomic E-state index is 0.115. The van der Waals surface area contributed by atoms with Gasteiger partial charge in [0, 0.05) is 10.2 Å². The lowest BCUT2D eigenvalue weighted by atomic mass is 10.1. The fraction of sp³-hybridized carbons (Fsp3) is 0.333. The summed E-state index contributed by atoms with van der Waals surface area (Å²) >= 11 is 28.0. The Balaban J connectivity index is 1.81.